The molecule has 1 aromatic carbocycles. The van der Waals surface area contributed by atoms with Gasteiger partial charge in [-0.05, 0) is 122 Å². The van der Waals surface area contributed by atoms with E-state index in [1.807, 2.05) is 30.3 Å². The van der Waals surface area contributed by atoms with Gasteiger partial charge in [0, 0.05) is 0 Å². The fourth-order valence-corrected chi connectivity index (χ4v) is 4.61. The summed E-state index contributed by atoms with van der Waals surface area (Å²) in [6, 6.07) is 9.72. The maximum absolute atomic E-state index is 12.3. The molecule has 182 valence electrons. The van der Waals surface area contributed by atoms with Crippen LogP contribution in [0.25, 0.3) is 0 Å². The van der Waals surface area contributed by atoms with Crippen molar-refractivity contribution in [3.05, 3.63) is 88.6 Å². The highest BCUT2D eigenvalue weighted by Crippen LogP contribution is 2.16. The van der Waals surface area contributed by atoms with Gasteiger partial charge >= 0.3 is 0 Å². The zero-order chi connectivity index (χ0) is 24.5. The fourth-order valence-electron chi connectivity index (χ4n) is 3.52. The van der Waals surface area contributed by atoms with Crippen molar-refractivity contribution in [1.29, 1.82) is 0 Å². The van der Waals surface area contributed by atoms with E-state index in [1.54, 1.807) is 0 Å². The van der Waals surface area contributed by atoms with Gasteiger partial charge in [-0.15, -0.1) is 0 Å². The molecule has 1 nitrogen and oxygen atoms in total. The van der Waals surface area contributed by atoms with Crippen LogP contribution >= 0.6 is 0 Å². The highest BCUT2D eigenvalue weighted by Gasteiger charge is 2.07. The maximum Gasteiger partial charge on any atom is 0.152 e. The third-order valence-corrected chi connectivity index (χ3v) is 7.04. The molecule has 33 heavy (non-hydrogen) atoms. The van der Waals surface area contributed by atoms with Gasteiger partial charge in [0.25, 0.3) is 0 Å². The molecule has 0 radical (unpaired) electrons. The molecule has 0 amide bonds. The molecule has 0 heterocycles. The lowest BCUT2D eigenvalue weighted by molar-refractivity contribution is 0.598. The van der Waals surface area contributed by atoms with Crippen molar-refractivity contribution in [1.82, 2.24) is 0 Å². The molecule has 0 spiro atoms. The van der Waals surface area contributed by atoms with E-state index in [1.165, 1.54) is 34.3 Å². The summed E-state index contributed by atoms with van der Waals surface area (Å²) in [6.45, 7) is 13.2. The van der Waals surface area contributed by atoms with E-state index in [4.69, 9.17) is 0 Å². The monoisotopic (exact) mass is 466 g/mol. The molecule has 0 aromatic heterocycles. The quantitative estimate of drug-likeness (QED) is 0.186. The summed E-state index contributed by atoms with van der Waals surface area (Å²) in [6.07, 6.45) is 20.7. The summed E-state index contributed by atoms with van der Waals surface area (Å²) in [5.41, 5.74) is 7.21. The van der Waals surface area contributed by atoms with Crippen LogP contribution in [-0.2, 0) is 11.2 Å². The first-order valence-electron chi connectivity index (χ1n) is 12.5. The molecule has 1 aromatic rings. The summed E-state index contributed by atoms with van der Waals surface area (Å²) in [4.78, 5) is 0.909. The smallest absolute Gasteiger partial charge is 0.152 e. The maximum atomic E-state index is 12.3. The Labute approximate surface area is 207 Å². The molecule has 0 N–H and O–H groups in total. The lowest BCUT2D eigenvalue weighted by atomic mass is 10.0. The molecular weight excluding hydrogens is 420 g/mol. The topological polar surface area (TPSA) is 23.1 Å². The van der Waals surface area contributed by atoms with Gasteiger partial charge in [0.2, 0.25) is 0 Å². The second kappa shape index (κ2) is 17.7. The largest absolute Gasteiger partial charge is 0.611 e. The number of hydrogen-bond acceptors (Lipinski definition) is 1. The summed E-state index contributed by atoms with van der Waals surface area (Å²) >= 11 is -0.940. The van der Waals surface area contributed by atoms with Crippen molar-refractivity contribution in [2.24, 2.45) is 0 Å². The lowest BCUT2D eigenvalue weighted by Crippen LogP contribution is -2.04. The Kier molecular flexibility index (Phi) is 15.7. The molecule has 0 saturated carbocycles. The Bertz CT molecular complexity index is 820. The van der Waals surface area contributed by atoms with Crippen LogP contribution in [0.4, 0.5) is 0 Å². The van der Waals surface area contributed by atoms with Crippen molar-refractivity contribution < 1.29 is 4.55 Å². The SMILES string of the molecule is CC(C)=CCC/C(C)=C/CC/C(C)=C/CC/C(C)=C/CC/C(C)=C/C[S+]([O-])c1ccccc1. The van der Waals surface area contributed by atoms with E-state index < -0.39 is 11.2 Å². The number of hydrogen-bond donors (Lipinski definition) is 0. The minimum Gasteiger partial charge on any atom is -0.611 e. The first-order chi connectivity index (χ1) is 15.8. The minimum atomic E-state index is -0.940. The molecule has 1 atom stereocenters. The van der Waals surface area contributed by atoms with Crippen LogP contribution in [-0.4, -0.2) is 10.3 Å². The fraction of sp³-hybridized carbons (Fsp3) is 0.484. The average Bonchev–Trinajstić information content (AvgIpc) is 2.77. The molecule has 2 heteroatoms. The van der Waals surface area contributed by atoms with Gasteiger partial charge in [0.15, 0.2) is 4.90 Å². The Morgan fingerprint density at radius 1 is 0.606 bits per heavy atom. The zero-order valence-electron chi connectivity index (χ0n) is 22.0. The van der Waals surface area contributed by atoms with Gasteiger partial charge in [-0.2, -0.15) is 0 Å². The summed E-state index contributed by atoms with van der Waals surface area (Å²) in [5.74, 6) is 0.604. The van der Waals surface area contributed by atoms with Crippen LogP contribution in [0.3, 0.4) is 0 Å². The Morgan fingerprint density at radius 2 is 1.00 bits per heavy atom. The Morgan fingerprint density at radius 3 is 1.42 bits per heavy atom. The highest BCUT2D eigenvalue weighted by atomic mass is 32.2. The van der Waals surface area contributed by atoms with E-state index in [-0.39, 0.29) is 0 Å². The molecule has 1 rings (SSSR count). The molecule has 0 fully saturated rings. The number of allylic oxidation sites excluding steroid dienone is 9. The minimum absolute atomic E-state index is 0.604. The third kappa shape index (κ3) is 15.7. The first kappa shape index (κ1) is 29.3. The molecule has 0 aliphatic rings. The van der Waals surface area contributed by atoms with E-state index in [0.717, 1.165) is 49.8 Å². The molecule has 1 unspecified atom stereocenters. The van der Waals surface area contributed by atoms with Gasteiger partial charge in [0.05, 0.1) is 0 Å². The number of benzene rings is 1. The van der Waals surface area contributed by atoms with Crippen LogP contribution in [0.1, 0.15) is 92.9 Å². The zero-order valence-corrected chi connectivity index (χ0v) is 22.8. The second-order valence-electron chi connectivity index (χ2n) is 9.46. The highest BCUT2D eigenvalue weighted by molar-refractivity contribution is 7.91. The van der Waals surface area contributed by atoms with E-state index in [2.05, 4.69) is 71.9 Å². The van der Waals surface area contributed by atoms with Crippen molar-refractivity contribution >= 4 is 11.2 Å². The normalized spacial score (nSPS) is 14.4. The van der Waals surface area contributed by atoms with Crippen LogP contribution in [0.5, 0.6) is 0 Å². The predicted octanol–water partition coefficient (Wildman–Crippen LogP) is 9.67. The average molecular weight is 467 g/mol. The van der Waals surface area contributed by atoms with E-state index >= 15 is 0 Å². The molecule has 0 aliphatic heterocycles. The summed E-state index contributed by atoms with van der Waals surface area (Å²) in [7, 11) is 0. The third-order valence-electron chi connectivity index (χ3n) is 5.77. The van der Waals surface area contributed by atoms with Crippen molar-refractivity contribution in [3.8, 4) is 0 Å². The van der Waals surface area contributed by atoms with Crippen LogP contribution < -0.4 is 0 Å². The Balaban J connectivity index is 2.26. The molecule has 0 saturated heterocycles. The molecular formula is C31H46OS. The molecule has 0 bridgehead atoms. The van der Waals surface area contributed by atoms with Gasteiger partial charge in [0.1, 0.15) is 5.75 Å². The van der Waals surface area contributed by atoms with E-state index in [9.17, 15) is 4.55 Å². The van der Waals surface area contributed by atoms with Gasteiger partial charge in [-0.3, -0.25) is 0 Å². The standard InChI is InChI=1S/C31H46OS/c1-26(2)14-10-15-27(3)16-11-17-28(4)18-12-19-29(5)20-13-21-30(6)24-25-33(32)31-22-8-7-9-23-31/h7-9,14,16,18,20,22-24H,10-13,15,17,19,21,25H2,1-6H3/b27-16+,28-18+,29-20+,30-24+. The van der Waals surface area contributed by atoms with Crippen molar-refractivity contribution in [2.75, 3.05) is 5.75 Å². The van der Waals surface area contributed by atoms with E-state index in [0.29, 0.717) is 5.75 Å². The number of rotatable bonds is 15. The second-order valence-corrected chi connectivity index (χ2v) is 11.0. The summed E-state index contributed by atoms with van der Waals surface area (Å²) in [5, 5.41) is 0. The van der Waals surface area contributed by atoms with Gasteiger partial charge in [-0.25, -0.2) is 0 Å². The van der Waals surface area contributed by atoms with Gasteiger partial charge in [-0.1, -0.05) is 70.4 Å². The van der Waals surface area contributed by atoms with Crippen molar-refractivity contribution in [2.45, 2.75) is 97.8 Å². The lowest BCUT2D eigenvalue weighted by Gasteiger charge is -2.08. The predicted molar refractivity (Wildman–Crippen MR) is 149 cm³/mol. The van der Waals surface area contributed by atoms with Crippen LogP contribution in [0.2, 0.25) is 0 Å². The molecule has 0 aliphatic carbocycles. The van der Waals surface area contributed by atoms with Crippen LogP contribution in [0, 0.1) is 0 Å². The van der Waals surface area contributed by atoms with Gasteiger partial charge < -0.3 is 4.55 Å². The first-order valence-corrected chi connectivity index (χ1v) is 13.8. The summed E-state index contributed by atoms with van der Waals surface area (Å²) < 4.78 is 12.3. The van der Waals surface area contributed by atoms with Crippen molar-refractivity contribution in [3.63, 3.8) is 0 Å². The van der Waals surface area contributed by atoms with Crippen LogP contribution in [0.15, 0.2) is 93.5 Å². The Hall–Kier alpha value is -1.77.